The highest BCUT2D eigenvalue weighted by Crippen LogP contribution is 2.14. The normalized spacial score (nSPS) is 11.2. The van der Waals surface area contributed by atoms with Gasteiger partial charge in [0.1, 0.15) is 0 Å². The lowest BCUT2D eigenvalue weighted by Crippen LogP contribution is -2.45. The molecule has 0 aliphatic heterocycles. The van der Waals surface area contributed by atoms with Crippen molar-refractivity contribution in [2.24, 2.45) is 0 Å². The van der Waals surface area contributed by atoms with Crippen LogP contribution in [0.25, 0.3) is 0 Å². The molecule has 0 atom stereocenters. The van der Waals surface area contributed by atoms with Crippen LogP contribution in [0.15, 0.2) is 12.1 Å². The molecule has 1 heterocycles. The van der Waals surface area contributed by atoms with E-state index in [1.54, 1.807) is 6.07 Å². The number of carbonyl (C=O) groups excluding carboxylic acids is 2. The smallest absolute Gasteiger partial charge is 0.261 e. The molecule has 112 valence electrons. The first-order chi connectivity index (χ1) is 9.40. The van der Waals surface area contributed by atoms with E-state index >= 15 is 0 Å². The van der Waals surface area contributed by atoms with Gasteiger partial charge in [-0.05, 0) is 31.9 Å². The van der Waals surface area contributed by atoms with Crippen molar-refractivity contribution in [3.8, 4) is 0 Å². The van der Waals surface area contributed by atoms with Gasteiger partial charge in [-0.2, -0.15) is 0 Å². The third kappa shape index (κ3) is 4.94. The van der Waals surface area contributed by atoms with Gasteiger partial charge in [-0.25, -0.2) is 0 Å². The van der Waals surface area contributed by atoms with Crippen LogP contribution in [-0.2, 0) is 4.79 Å². The second-order valence-corrected chi connectivity index (χ2v) is 6.09. The average Bonchev–Trinajstić information content (AvgIpc) is 2.88. The molecule has 5 nitrogen and oxygen atoms in total. The van der Waals surface area contributed by atoms with Crippen molar-refractivity contribution in [3.05, 3.63) is 21.9 Å². The quantitative estimate of drug-likeness (QED) is 0.713. The molecule has 0 saturated heterocycles. The SMILES string of the molecule is CCC(O)(CC)CNC(=O)CNC(=O)c1ccc(C)s1. The second kappa shape index (κ2) is 7.40. The molecule has 0 aromatic carbocycles. The minimum Gasteiger partial charge on any atom is -0.388 e. The lowest BCUT2D eigenvalue weighted by atomic mass is 9.98. The van der Waals surface area contributed by atoms with E-state index in [-0.39, 0.29) is 24.9 Å². The molecule has 0 radical (unpaired) electrons. The maximum atomic E-state index is 11.7. The number of nitrogens with one attached hydrogen (secondary N) is 2. The number of hydrogen-bond acceptors (Lipinski definition) is 4. The Bertz CT molecular complexity index is 467. The third-order valence-corrected chi connectivity index (χ3v) is 4.30. The van der Waals surface area contributed by atoms with Gasteiger partial charge in [0, 0.05) is 11.4 Å². The first-order valence-electron chi connectivity index (χ1n) is 6.74. The molecular formula is C14H22N2O3S. The zero-order valence-corrected chi connectivity index (χ0v) is 13.0. The molecule has 0 aliphatic rings. The molecule has 1 aromatic rings. The maximum absolute atomic E-state index is 11.7. The fourth-order valence-corrected chi connectivity index (χ4v) is 2.41. The van der Waals surface area contributed by atoms with E-state index in [1.165, 1.54) is 11.3 Å². The monoisotopic (exact) mass is 298 g/mol. The first-order valence-corrected chi connectivity index (χ1v) is 7.55. The predicted molar refractivity (Wildman–Crippen MR) is 79.9 cm³/mol. The van der Waals surface area contributed by atoms with Crippen LogP contribution < -0.4 is 10.6 Å². The van der Waals surface area contributed by atoms with Crippen molar-refractivity contribution < 1.29 is 14.7 Å². The van der Waals surface area contributed by atoms with Gasteiger partial charge in [0.25, 0.3) is 5.91 Å². The van der Waals surface area contributed by atoms with Gasteiger partial charge >= 0.3 is 0 Å². The lowest BCUT2D eigenvalue weighted by Gasteiger charge is -2.25. The zero-order chi connectivity index (χ0) is 15.2. The van der Waals surface area contributed by atoms with Gasteiger partial charge in [-0.3, -0.25) is 9.59 Å². The molecule has 20 heavy (non-hydrogen) atoms. The highest BCUT2D eigenvalue weighted by Gasteiger charge is 2.22. The minimum absolute atomic E-state index is 0.0840. The summed E-state index contributed by atoms with van der Waals surface area (Å²) in [4.78, 5) is 25.0. The van der Waals surface area contributed by atoms with Crippen LogP contribution in [0.1, 0.15) is 41.2 Å². The van der Waals surface area contributed by atoms with Gasteiger partial charge in [-0.1, -0.05) is 13.8 Å². The van der Waals surface area contributed by atoms with Crippen LogP contribution in [0.3, 0.4) is 0 Å². The van der Waals surface area contributed by atoms with Crippen molar-refractivity contribution in [2.75, 3.05) is 13.1 Å². The molecule has 2 amide bonds. The Kier molecular flexibility index (Phi) is 6.16. The second-order valence-electron chi connectivity index (χ2n) is 4.80. The van der Waals surface area contributed by atoms with Crippen LogP contribution in [0.4, 0.5) is 0 Å². The van der Waals surface area contributed by atoms with Gasteiger partial charge in [0.05, 0.1) is 17.0 Å². The fourth-order valence-electron chi connectivity index (χ4n) is 1.63. The van der Waals surface area contributed by atoms with E-state index in [9.17, 15) is 14.7 Å². The molecule has 1 aromatic heterocycles. The van der Waals surface area contributed by atoms with Crippen LogP contribution >= 0.6 is 11.3 Å². The molecule has 0 saturated carbocycles. The van der Waals surface area contributed by atoms with Gasteiger partial charge in [-0.15, -0.1) is 11.3 Å². The number of amides is 2. The zero-order valence-electron chi connectivity index (χ0n) is 12.2. The molecule has 6 heteroatoms. The van der Waals surface area contributed by atoms with E-state index < -0.39 is 5.60 Å². The number of carbonyl (C=O) groups is 2. The number of aryl methyl sites for hydroxylation is 1. The average molecular weight is 298 g/mol. The van der Waals surface area contributed by atoms with Crippen molar-refractivity contribution in [3.63, 3.8) is 0 Å². The predicted octanol–water partition coefficient (Wildman–Crippen LogP) is 1.45. The van der Waals surface area contributed by atoms with Crippen molar-refractivity contribution in [1.82, 2.24) is 10.6 Å². The maximum Gasteiger partial charge on any atom is 0.261 e. The van der Waals surface area contributed by atoms with Gasteiger partial charge in [0.15, 0.2) is 0 Å². The molecule has 0 bridgehead atoms. The van der Waals surface area contributed by atoms with E-state index in [0.29, 0.717) is 17.7 Å². The van der Waals surface area contributed by atoms with Crippen molar-refractivity contribution in [1.29, 1.82) is 0 Å². The molecule has 3 N–H and O–H groups in total. The minimum atomic E-state index is -0.871. The van der Waals surface area contributed by atoms with Crippen molar-refractivity contribution in [2.45, 2.75) is 39.2 Å². The number of aliphatic hydroxyl groups is 1. The molecule has 0 aliphatic carbocycles. The summed E-state index contributed by atoms with van der Waals surface area (Å²) in [5.74, 6) is -0.550. The summed E-state index contributed by atoms with van der Waals surface area (Å²) in [5, 5.41) is 15.2. The van der Waals surface area contributed by atoms with Crippen LogP contribution in [0, 0.1) is 6.92 Å². The van der Waals surface area contributed by atoms with E-state index in [4.69, 9.17) is 0 Å². The van der Waals surface area contributed by atoms with Gasteiger partial charge in [0.2, 0.25) is 5.91 Å². The van der Waals surface area contributed by atoms with Gasteiger partial charge < -0.3 is 15.7 Å². The standard InChI is InChI=1S/C14H22N2O3S/c1-4-14(19,5-2)9-16-12(17)8-15-13(18)11-7-6-10(3)20-11/h6-7,19H,4-5,8-9H2,1-3H3,(H,15,18)(H,16,17). The lowest BCUT2D eigenvalue weighted by molar-refractivity contribution is -0.121. The Morgan fingerprint density at radius 2 is 1.90 bits per heavy atom. The Morgan fingerprint density at radius 1 is 1.25 bits per heavy atom. The van der Waals surface area contributed by atoms with Crippen LogP contribution in [0.2, 0.25) is 0 Å². The number of thiophene rings is 1. The summed E-state index contributed by atoms with van der Waals surface area (Å²) in [6, 6.07) is 3.60. The number of hydrogen-bond donors (Lipinski definition) is 3. The first kappa shape index (κ1) is 16.7. The molecular weight excluding hydrogens is 276 g/mol. The summed E-state index contributed by atoms with van der Waals surface area (Å²) < 4.78 is 0. The highest BCUT2D eigenvalue weighted by molar-refractivity contribution is 7.13. The van der Waals surface area contributed by atoms with Crippen LogP contribution in [-0.4, -0.2) is 35.6 Å². The largest absolute Gasteiger partial charge is 0.388 e. The Morgan fingerprint density at radius 3 is 2.40 bits per heavy atom. The Labute approximate surface area is 123 Å². The molecule has 0 unspecified atom stereocenters. The third-order valence-electron chi connectivity index (χ3n) is 3.30. The van der Waals surface area contributed by atoms with E-state index in [1.807, 2.05) is 26.8 Å². The van der Waals surface area contributed by atoms with Crippen molar-refractivity contribution >= 4 is 23.2 Å². The van der Waals surface area contributed by atoms with E-state index in [0.717, 1.165) is 4.88 Å². The number of rotatable bonds is 7. The highest BCUT2D eigenvalue weighted by atomic mass is 32.1. The summed E-state index contributed by atoms with van der Waals surface area (Å²) in [6.07, 6.45) is 1.15. The van der Waals surface area contributed by atoms with E-state index in [2.05, 4.69) is 10.6 Å². The summed E-state index contributed by atoms with van der Waals surface area (Å²) >= 11 is 1.39. The summed E-state index contributed by atoms with van der Waals surface area (Å²) in [7, 11) is 0. The topological polar surface area (TPSA) is 78.4 Å². The Balaban J connectivity index is 2.35. The molecule has 1 rings (SSSR count). The fraction of sp³-hybridized carbons (Fsp3) is 0.571. The summed E-state index contributed by atoms with van der Waals surface area (Å²) in [5.41, 5.74) is -0.871. The summed E-state index contributed by atoms with van der Waals surface area (Å²) in [6.45, 7) is 5.78. The molecule has 0 fully saturated rings. The Hall–Kier alpha value is -1.40. The van der Waals surface area contributed by atoms with Crippen LogP contribution in [0.5, 0.6) is 0 Å². The molecule has 0 spiro atoms.